The van der Waals surface area contributed by atoms with Crippen molar-refractivity contribution < 1.29 is 14.0 Å². The number of para-hydroxylation sites is 4. The fraction of sp³-hybridized carbons (Fsp3) is 0.0159. The molecule has 0 aliphatic heterocycles. The van der Waals surface area contributed by atoms with Crippen molar-refractivity contribution >= 4 is 77.6 Å². The average molecular weight is 850 g/mol. The molecule has 0 amide bonds. The van der Waals surface area contributed by atoms with Crippen LogP contribution in [0.1, 0.15) is 31.8 Å². The van der Waals surface area contributed by atoms with E-state index < -0.39 is 29.6 Å². The van der Waals surface area contributed by atoms with E-state index in [2.05, 4.69) is 119 Å². The quantitative estimate of drug-likeness (QED) is 0.152. The second-order valence-electron chi connectivity index (χ2n) is 16.7. The van der Waals surface area contributed by atoms with Crippen LogP contribution in [0.2, 0.25) is 0 Å². The number of rotatable bonds is 8. The average Bonchev–Trinajstić information content (AvgIpc) is 3.97. The van der Waals surface area contributed by atoms with Crippen LogP contribution in [0.15, 0.2) is 259 Å². The summed E-state index contributed by atoms with van der Waals surface area (Å²) < 4.78 is 72.8. The highest BCUT2D eigenvalue weighted by atomic mass is 16.3. The molecule has 66 heavy (non-hydrogen) atoms. The van der Waals surface area contributed by atoms with E-state index in [-0.39, 0.29) is 34.5 Å². The van der Waals surface area contributed by atoms with Crippen LogP contribution in [0.5, 0.6) is 0 Å². The Morgan fingerprint density at radius 3 is 1.62 bits per heavy atom. The third kappa shape index (κ3) is 5.84. The Balaban J connectivity index is 1.21. The molecule has 0 N–H and O–H groups in total. The van der Waals surface area contributed by atoms with Gasteiger partial charge >= 0.3 is 0 Å². The fourth-order valence-corrected chi connectivity index (χ4v) is 10.3. The van der Waals surface area contributed by atoms with E-state index in [0.29, 0.717) is 16.7 Å². The maximum Gasteiger partial charge on any atom is 0.135 e. The number of furan rings is 1. The minimum atomic E-state index is -1.54. The maximum absolute atomic E-state index is 10.4. The Morgan fingerprint density at radius 1 is 0.379 bits per heavy atom. The zero-order valence-electron chi connectivity index (χ0n) is 42.5. The van der Waals surface area contributed by atoms with Crippen LogP contribution in [0.25, 0.3) is 54.6 Å². The van der Waals surface area contributed by atoms with E-state index in [4.69, 9.17) is 8.53 Å². The van der Waals surface area contributed by atoms with Crippen molar-refractivity contribution in [1.29, 1.82) is 0 Å². The molecule has 11 aromatic carbocycles. The van der Waals surface area contributed by atoms with Gasteiger partial charge in [0, 0.05) is 44.6 Å². The molecule has 3 nitrogen and oxygen atoms in total. The first kappa shape index (κ1) is 31.2. The molecule has 3 heteroatoms. The van der Waals surface area contributed by atoms with Gasteiger partial charge in [-0.15, -0.1) is 0 Å². The van der Waals surface area contributed by atoms with Gasteiger partial charge in [-0.1, -0.05) is 170 Å². The molecule has 0 bridgehead atoms. The molecule has 13 rings (SSSR count). The van der Waals surface area contributed by atoms with E-state index in [0.717, 1.165) is 77.9 Å². The lowest BCUT2D eigenvalue weighted by Crippen LogP contribution is -2.29. The minimum absolute atomic E-state index is 0.112. The molecule has 1 unspecified atom stereocenters. The molecule has 0 fully saturated rings. The van der Waals surface area contributed by atoms with Crippen LogP contribution in [0.4, 0.5) is 34.1 Å². The van der Waals surface area contributed by atoms with E-state index >= 15 is 0 Å². The molecule has 310 valence electrons. The van der Waals surface area contributed by atoms with E-state index in [1.807, 2.05) is 103 Å². The summed E-state index contributed by atoms with van der Waals surface area (Å²) in [4.78, 5) is 4.47. The second kappa shape index (κ2) is 15.3. The largest absolute Gasteiger partial charge is 0.456 e. The Hall–Kier alpha value is -8.66. The van der Waals surface area contributed by atoms with Crippen LogP contribution < -0.4 is 9.80 Å². The summed E-state index contributed by atoms with van der Waals surface area (Å²) in [6.07, 6.45) is 0. The van der Waals surface area contributed by atoms with Crippen LogP contribution in [0, 0.1) is 0 Å². The van der Waals surface area contributed by atoms with Crippen LogP contribution in [-0.2, 0) is 5.41 Å². The van der Waals surface area contributed by atoms with E-state index in [1.54, 1.807) is 0 Å². The van der Waals surface area contributed by atoms with Crippen molar-refractivity contribution in [2.24, 2.45) is 0 Å². The SMILES string of the molecule is [2H]c1c([2H])c([2H])c2c([2H])c(C3(c4cccc5oc6ccccc6c45)c4ccc(N(c5ccccc5)c5ccccc5)cc4-c4cc(N(c5ccccc5)c5cccc6ccccc56)ccc43)c([2H])c([2H])c2c1[2H]. The van der Waals surface area contributed by atoms with Gasteiger partial charge in [-0.2, -0.15) is 0 Å². The number of hydrogen-bond donors (Lipinski definition) is 0. The van der Waals surface area contributed by atoms with Gasteiger partial charge < -0.3 is 14.2 Å². The molecule has 0 saturated heterocycles. The Kier molecular flexibility index (Phi) is 7.22. The maximum atomic E-state index is 10.4. The zero-order chi connectivity index (χ0) is 49.7. The standard InChI is InChI=1S/C63H42N2O/c1-4-22-47(23-5-1)64(48-24-6-2-7-25-48)50-36-38-56-54(41-50)55-42-51(65(49-26-8-3-9-27-49)59-31-16-21-44-19-12-13-28-52(44)59)37-39-57(55)63(56,46-35-34-43-18-10-11-20-45(43)40-46)58-30-17-33-61-62(58)53-29-14-15-32-60(53)66-61/h1-42H/i10D,11D,18D,20D,34D,35D,40D. The lowest BCUT2D eigenvalue weighted by molar-refractivity contribution is 0.667. The summed E-state index contributed by atoms with van der Waals surface area (Å²) in [6.45, 7) is 0. The van der Waals surface area contributed by atoms with Gasteiger partial charge in [-0.3, -0.25) is 0 Å². The zero-order valence-corrected chi connectivity index (χ0v) is 35.5. The van der Waals surface area contributed by atoms with Crippen molar-refractivity contribution in [3.05, 3.63) is 277 Å². The Morgan fingerprint density at radius 2 is 0.924 bits per heavy atom. The van der Waals surface area contributed by atoms with Crippen molar-refractivity contribution in [3.8, 4) is 11.1 Å². The molecule has 0 radical (unpaired) electrons. The Labute approximate surface area is 393 Å². The summed E-state index contributed by atoms with van der Waals surface area (Å²) in [5, 5.41) is 3.47. The number of fused-ring (bicyclic) bond motifs is 8. The van der Waals surface area contributed by atoms with Gasteiger partial charge in [-0.05, 0) is 134 Å². The van der Waals surface area contributed by atoms with Gasteiger partial charge in [0.05, 0.1) is 20.7 Å². The monoisotopic (exact) mass is 849 g/mol. The smallest absolute Gasteiger partial charge is 0.135 e. The molecule has 0 spiro atoms. The van der Waals surface area contributed by atoms with Crippen LogP contribution >= 0.6 is 0 Å². The summed E-state index contributed by atoms with van der Waals surface area (Å²) in [7, 11) is 0. The van der Waals surface area contributed by atoms with Gasteiger partial charge in [0.25, 0.3) is 0 Å². The highest BCUT2D eigenvalue weighted by Crippen LogP contribution is 2.60. The molecule has 1 aliphatic carbocycles. The number of benzene rings is 11. The molecule has 12 aromatic rings. The summed E-state index contributed by atoms with van der Waals surface area (Å²) in [6, 6.07) is 68.8. The number of anilines is 6. The lowest BCUT2D eigenvalue weighted by Gasteiger charge is -2.35. The molecular weight excluding hydrogens is 801 g/mol. The third-order valence-electron chi connectivity index (χ3n) is 13.1. The predicted octanol–water partition coefficient (Wildman–Crippen LogP) is 17.2. The first-order chi connectivity index (χ1) is 35.7. The second-order valence-corrected chi connectivity index (χ2v) is 16.7. The van der Waals surface area contributed by atoms with Crippen LogP contribution in [-0.4, -0.2) is 0 Å². The summed E-state index contributed by atoms with van der Waals surface area (Å²) >= 11 is 0. The minimum Gasteiger partial charge on any atom is -0.456 e. The topological polar surface area (TPSA) is 19.6 Å². The molecule has 0 saturated carbocycles. The highest BCUT2D eigenvalue weighted by Gasteiger charge is 2.48. The van der Waals surface area contributed by atoms with Crippen molar-refractivity contribution in [3.63, 3.8) is 0 Å². The molecule has 1 heterocycles. The molecular formula is C63H42N2O. The van der Waals surface area contributed by atoms with Gasteiger partial charge in [-0.25, -0.2) is 0 Å². The number of hydrogen-bond acceptors (Lipinski definition) is 3. The highest BCUT2D eigenvalue weighted by molar-refractivity contribution is 6.09. The molecule has 1 aromatic heterocycles. The van der Waals surface area contributed by atoms with Crippen molar-refractivity contribution in [2.75, 3.05) is 9.80 Å². The fourth-order valence-electron chi connectivity index (χ4n) is 10.3. The third-order valence-corrected chi connectivity index (χ3v) is 13.1. The summed E-state index contributed by atoms with van der Waals surface area (Å²) in [5.74, 6) is 0. The number of nitrogens with zero attached hydrogens (tertiary/aromatic N) is 2. The van der Waals surface area contributed by atoms with E-state index in [1.165, 1.54) is 0 Å². The summed E-state index contributed by atoms with van der Waals surface area (Å²) in [5.41, 5.74) is 9.17. The Bertz CT molecular complexity index is 4160. The van der Waals surface area contributed by atoms with Crippen molar-refractivity contribution in [1.82, 2.24) is 0 Å². The molecule has 1 atom stereocenters. The molecule has 1 aliphatic rings. The van der Waals surface area contributed by atoms with E-state index in [9.17, 15) is 5.48 Å². The van der Waals surface area contributed by atoms with Crippen LogP contribution in [0.3, 0.4) is 0 Å². The normalized spacial score (nSPS) is 15.6. The van der Waals surface area contributed by atoms with Crippen molar-refractivity contribution in [2.45, 2.75) is 5.41 Å². The first-order valence-corrected chi connectivity index (χ1v) is 22.1. The lowest BCUT2D eigenvalue weighted by atomic mass is 9.66. The van der Waals surface area contributed by atoms with Gasteiger partial charge in [0.2, 0.25) is 0 Å². The first-order valence-electron chi connectivity index (χ1n) is 25.6. The predicted molar refractivity (Wildman–Crippen MR) is 275 cm³/mol. The van der Waals surface area contributed by atoms with Gasteiger partial charge in [0.1, 0.15) is 11.2 Å². The van der Waals surface area contributed by atoms with Gasteiger partial charge in [0.15, 0.2) is 0 Å².